The molecule has 0 aliphatic carbocycles. The number of hydrogen-bond acceptors (Lipinski definition) is 8. The molecule has 0 bridgehead atoms. The van der Waals surface area contributed by atoms with Crippen LogP contribution < -0.4 is 20.4 Å². The van der Waals surface area contributed by atoms with Crippen LogP contribution in [0.3, 0.4) is 0 Å². The summed E-state index contributed by atoms with van der Waals surface area (Å²) < 4.78 is 0. The van der Waals surface area contributed by atoms with Gasteiger partial charge in [0.2, 0.25) is 0 Å². The molecule has 11 heteroatoms. The number of ketones is 2. The summed E-state index contributed by atoms with van der Waals surface area (Å²) in [6.07, 6.45) is 2.19. The number of benzene rings is 2. The second-order valence-electron chi connectivity index (χ2n) is 6.05. The maximum atomic E-state index is 11.2. The molecule has 2 aromatic rings. The molecule has 0 unspecified atom stereocenters. The largest absolute Gasteiger partial charge is 0.872 e. The van der Waals surface area contributed by atoms with Crippen molar-refractivity contribution in [3.8, 4) is 0 Å². The van der Waals surface area contributed by atoms with Crippen LogP contribution in [0.25, 0.3) is 11.5 Å². The Kier molecular flexibility index (Phi) is 22.9. The maximum absolute atomic E-state index is 11.2. The number of rotatable bonds is 6. The first-order valence-electron chi connectivity index (χ1n) is 9.43. The Morgan fingerprint density at radius 3 is 1.06 bits per heavy atom. The summed E-state index contributed by atoms with van der Waals surface area (Å²) in [5.41, 5.74) is 1.10. The molecule has 0 spiro atoms. The van der Waals surface area contributed by atoms with Crippen LogP contribution in [-0.4, -0.2) is 46.9 Å². The second kappa shape index (κ2) is 22.2. The molecule has 35 heavy (non-hydrogen) atoms. The van der Waals surface area contributed by atoms with E-state index in [4.69, 9.17) is 30.0 Å². The second-order valence-corrected chi connectivity index (χ2v) is 6.05. The molecule has 10 nitrogen and oxygen atoms in total. The van der Waals surface area contributed by atoms with Gasteiger partial charge in [0.15, 0.2) is 11.6 Å². The van der Waals surface area contributed by atoms with Crippen LogP contribution in [0.4, 0.5) is 0 Å². The van der Waals surface area contributed by atoms with Crippen molar-refractivity contribution in [2.75, 3.05) is 13.2 Å². The summed E-state index contributed by atoms with van der Waals surface area (Å²) in [6.45, 7) is 0.668. The number of hydrogen-bond donors (Lipinski definition) is 2. The van der Waals surface area contributed by atoms with Crippen LogP contribution in [0.1, 0.15) is 25.0 Å². The molecule has 2 N–H and O–H groups in total. The topological polar surface area (TPSA) is 201 Å². The number of aliphatic carboxylic acids is 2. The third-order valence-corrected chi connectivity index (χ3v) is 3.03. The Labute approximate surface area is 217 Å². The van der Waals surface area contributed by atoms with E-state index in [9.17, 15) is 19.8 Å². The Hall–Kier alpha value is -3.57. The molecule has 0 aromatic heterocycles. The van der Waals surface area contributed by atoms with Crippen LogP contribution in [0.5, 0.6) is 0 Å². The molecule has 188 valence electrons. The van der Waals surface area contributed by atoms with Crippen molar-refractivity contribution in [3.63, 3.8) is 0 Å². The van der Waals surface area contributed by atoms with Gasteiger partial charge < -0.3 is 30.6 Å². The molecule has 0 saturated carbocycles. The number of carboxylic acids is 2. The van der Waals surface area contributed by atoms with Gasteiger partial charge in [-0.3, -0.25) is 19.2 Å². The van der Waals surface area contributed by atoms with Gasteiger partial charge in [0.25, 0.3) is 11.9 Å². The van der Waals surface area contributed by atoms with Gasteiger partial charge in [-0.15, -0.1) is 0 Å². The number of allylic oxidation sites excluding steroid dienone is 2. The Bertz CT molecular complexity index is 875. The van der Waals surface area contributed by atoms with E-state index in [-0.39, 0.29) is 44.8 Å². The monoisotopic (exact) mass is 520 g/mol. The van der Waals surface area contributed by atoms with E-state index in [0.717, 1.165) is 12.2 Å². The summed E-state index contributed by atoms with van der Waals surface area (Å²) in [6, 6.07) is 17.4. The molecular weight excluding hydrogens is 496 g/mol. The van der Waals surface area contributed by atoms with Gasteiger partial charge in [-0.25, -0.2) is 0 Å². The average molecular weight is 520 g/mol. The number of carbonyl (C=O) groups excluding carboxylic acids is 2. The normalized spacial score (nSPS) is 9.83. The van der Waals surface area contributed by atoms with E-state index in [1.54, 1.807) is 48.5 Å². The van der Waals surface area contributed by atoms with E-state index in [0.29, 0.717) is 11.1 Å². The zero-order valence-corrected chi connectivity index (χ0v) is 20.6. The van der Waals surface area contributed by atoms with Crippen LogP contribution in [0.2, 0.25) is 0 Å². The van der Waals surface area contributed by atoms with Gasteiger partial charge in [-0.1, -0.05) is 72.2 Å². The van der Waals surface area contributed by atoms with Crippen LogP contribution in [0, 0.1) is 0 Å². The first-order chi connectivity index (χ1) is 15.9. The fourth-order valence-corrected chi connectivity index (χ4v) is 1.74. The zero-order chi connectivity index (χ0) is 26.5. The van der Waals surface area contributed by atoms with Crippen molar-refractivity contribution in [2.45, 2.75) is 13.8 Å². The molecule has 0 radical (unpaired) electrons. The van der Waals surface area contributed by atoms with Gasteiger partial charge in [0.05, 0.1) is 0 Å². The third kappa shape index (κ3) is 23.4. The summed E-state index contributed by atoms with van der Waals surface area (Å²) in [5, 5.41) is 55.2. The third-order valence-electron chi connectivity index (χ3n) is 3.03. The van der Waals surface area contributed by atoms with Crippen molar-refractivity contribution < 1.29 is 71.5 Å². The fraction of sp³-hybridized carbons (Fsp3) is 0.167. The smallest absolute Gasteiger partial charge is 0.286 e. The minimum Gasteiger partial charge on any atom is -0.872 e. The van der Waals surface area contributed by atoms with Gasteiger partial charge in [-0.2, -0.15) is 0 Å². The first-order valence-corrected chi connectivity index (χ1v) is 9.43. The van der Waals surface area contributed by atoms with Crippen LogP contribution >= 0.6 is 0 Å². The summed E-state index contributed by atoms with van der Waals surface area (Å²) in [4.78, 5) is 39.2. The van der Waals surface area contributed by atoms with Crippen molar-refractivity contribution in [1.29, 1.82) is 0 Å². The standard InChI is InChI=1S/2C10H10O2.2C2H3O3.Ti/c2*1-8(11)7-10(12)9-5-3-2-4-6-9;2*3-1-2(4)5;/h2*2-7,12H,1H3;2*1H2,(H,4,5);/q;;2*-1;/p-2/b2*10-7-;;;. The Morgan fingerprint density at radius 1 is 0.657 bits per heavy atom. The summed E-state index contributed by atoms with van der Waals surface area (Å²) >= 11 is 0. The maximum Gasteiger partial charge on any atom is 0.286 e. The quantitative estimate of drug-likeness (QED) is 0.265. The predicted octanol–water partition coefficient (Wildman–Crippen LogP) is -1.19. The van der Waals surface area contributed by atoms with Gasteiger partial charge in [0, 0.05) is 21.7 Å². The van der Waals surface area contributed by atoms with Crippen LogP contribution in [0.15, 0.2) is 72.8 Å². The molecule has 2 rings (SSSR count). The SMILES string of the molecule is CC(=O)/C=C(\[O-])c1ccccc1.CC(=O)/C=C(\[O-])c1ccccc1.O=C(O)C[O-].O=C(O)C[O-].[Ti]. The Morgan fingerprint density at radius 2 is 0.886 bits per heavy atom. The zero-order valence-electron chi connectivity index (χ0n) is 19.0. The van der Waals surface area contributed by atoms with E-state index in [1.807, 2.05) is 12.1 Å². The van der Waals surface area contributed by atoms with E-state index < -0.39 is 25.2 Å². The first kappa shape index (κ1) is 36.0. The minimum absolute atomic E-state index is 0. The van der Waals surface area contributed by atoms with Crippen LogP contribution in [-0.2, 0) is 40.9 Å². The van der Waals surface area contributed by atoms with E-state index in [2.05, 4.69) is 0 Å². The van der Waals surface area contributed by atoms with E-state index >= 15 is 0 Å². The molecule has 0 fully saturated rings. The van der Waals surface area contributed by atoms with Gasteiger partial charge in [-0.05, 0) is 50.3 Å². The van der Waals surface area contributed by atoms with Gasteiger partial charge in [0.1, 0.15) is 0 Å². The van der Waals surface area contributed by atoms with Crippen molar-refractivity contribution in [1.82, 2.24) is 0 Å². The molecule has 0 heterocycles. The van der Waals surface area contributed by atoms with Crippen molar-refractivity contribution >= 4 is 35.0 Å². The molecule has 0 saturated heterocycles. The number of carboxylic acid groups (broad SMARTS) is 2. The fourth-order valence-electron chi connectivity index (χ4n) is 1.74. The number of carbonyl (C=O) groups is 4. The average Bonchev–Trinajstić information content (AvgIpc) is 2.80. The molecule has 0 aliphatic heterocycles. The molecule has 0 aliphatic rings. The summed E-state index contributed by atoms with van der Waals surface area (Å²) in [5.74, 6) is -3.51. The molecule has 2 aromatic carbocycles. The van der Waals surface area contributed by atoms with Crippen molar-refractivity contribution in [2.24, 2.45) is 0 Å². The predicted molar refractivity (Wildman–Crippen MR) is 115 cm³/mol. The molecule has 0 atom stereocenters. The minimum atomic E-state index is -1.30. The molecular formula is C24H24O10Ti-4. The van der Waals surface area contributed by atoms with Crippen molar-refractivity contribution in [3.05, 3.63) is 83.9 Å². The molecule has 0 amide bonds. The summed E-state index contributed by atoms with van der Waals surface area (Å²) in [7, 11) is 0. The Balaban J connectivity index is -0.000000419. The van der Waals surface area contributed by atoms with Gasteiger partial charge >= 0.3 is 0 Å². The van der Waals surface area contributed by atoms with E-state index in [1.165, 1.54) is 13.8 Å².